The molecule has 6 nitrogen and oxygen atoms in total. The number of nitrogens with two attached hydrogens (primary N) is 3. The van der Waals surface area contributed by atoms with Gasteiger partial charge in [-0.3, -0.25) is 4.79 Å². The SMILES string of the molecule is NC(=O)c1c(N)ccc(-c2nc(N)c3c(n2)CCCCC3)c1C(F)(F)F. The van der Waals surface area contributed by atoms with Crippen LogP contribution >= 0.6 is 0 Å². The Balaban J connectivity index is 2.28. The zero-order valence-electron chi connectivity index (χ0n) is 13.9. The smallest absolute Gasteiger partial charge is 0.398 e. The van der Waals surface area contributed by atoms with E-state index in [2.05, 4.69) is 9.97 Å². The Bertz CT molecular complexity index is 880. The van der Waals surface area contributed by atoms with Crippen molar-refractivity contribution >= 4 is 17.4 Å². The van der Waals surface area contributed by atoms with Crippen molar-refractivity contribution < 1.29 is 18.0 Å². The van der Waals surface area contributed by atoms with Crippen LogP contribution in [0.3, 0.4) is 0 Å². The van der Waals surface area contributed by atoms with E-state index in [1.165, 1.54) is 6.07 Å². The molecular formula is C17H18F3N5O. The van der Waals surface area contributed by atoms with Crippen molar-refractivity contribution in [1.29, 1.82) is 0 Å². The minimum absolute atomic E-state index is 0.164. The average molecular weight is 365 g/mol. The molecule has 0 unspecified atom stereocenters. The fourth-order valence-corrected chi connectivity index (χ4v) is 3.29. The largest absolute Gasteiger partial charge is 0.417 e. The lowest BCUT2D eigenvalue weighted by molar-refractivity contribution is -0.137. The molecule has 0 radical (unpaired) electrons. The first-order valence-electron chi connectivity index (χ1n) is 8.15. The molecule has 0 fully saturated rings. The van der Waals surface area contributed by atoms with E-state index in [-0.39, 0.29) is 22.9 Å². The van der Waals surface area contributed by atoms with Gasteiger partial charge in [0.15, 0.2) is 5.82 Å². The third-order valence-electron chi connectivity index (χ3n) is 4.47. The van der Waals surface area contributed by atoms with Crippen LogP contribution in [0.5, 0.6) is 0 Å². The Morgan fingerprint density at radius 2 is 1.73 bits per heavy atom. The van der Waals surface area contributed by atoms with E-state index >= 15 is 0 Å². The summed E-state index contributed by atoms with van der Waals surface area (Å²) in [7, 11) is 0. The van der Waals surface area contributed by atoms with Crippen molar-refractivity contribution in [3.8, 4) is 11.4 Å². The van der Waals surface area contributed by atoms with E-state index in [1.54, 1.807) is 0 Å². The second kappa shape index (κ2) is 6.47. The number of alkyl halides is 3. The first-order chi connectivity index (χ1) is 12.2. The Morgan fingerprint density at radius 3 is 2.38 bits per heavy atom. The normalized spacial score (nSPS) is 14.6. The van der Waals surface area contributed by atoms with Crippen molar-refractivity contribution in [1.82, 2.24) is 9.97 Å². The first-order valence-corrected chi connectivity index (χ1v) is 8.15. The number of anilines is 2. The number of amides is 1. The second-order valence-corrected chi connectivity index (χ2v) is 6.23. The van der Waals surface area contributed by atoms with Gasteiger partial charge in [0.25, 0.3) is 5.91 Å². The zero-order chi connectivity index (χ0) is 19.1. The first kappa shape index (κ1) is 18.0. The molecule has 26 heavy (non-hydrogen) atoms. The topological polar surface area (TPSA) is 121 Å². The number of aromatic nitrogens is 2. The van der Waals surface area contributed by atoms with Crippen LogP contribution in [-0.2, 0) is 19.0 Å². The molecule has 1 heterocycles. The van der Waals surface area contributed by atoms with Gasteiger partial charge >= 0.3 is 6.18 Å². The second-order valence-electron chi connectivity index (χ2n) is 6.23. The Hall–Kier alpha value is -2.84. The Labute approximate surface area is 147 Å². The van der Waals surface area contributed by atoms with E-state index in [1.807, 2.05) is 0 Å². The molecule has 1 aliphatic rings. The van der Waals surface area contributed by atoms with Crippen LogP contribution in [0.1, 0.15) is 46.4 Å². The summed E-state index contributed by atoms with van der Waals surface area (Å²) in [6, 6.07) is 2.33. The number of carbonyl (C=O) groups excluding carboxylic acids is 1. The molecule has 1 aliphatic carbocycles. The van der Waals surface area contributed by atoms with Gasteiger partial charge in [0.1, 0.15) is 5.82 Å². The van der Waals surface area contributed by atoms with E-state index in [4.69, 9.17) is 17.2 Å². The molecule has 1 aromatic carbocycles. The third kappa shape index (κ3) is 3.16. The number of benzene rings is 1. The number of hydrogen-bond donors (Lipinski definition) is 3. The lowest BCUT2D eigenvalue weighted by atomic mass is 9.97. The summed E-state index contributed by atoms with van der Waals surface area (Å²) in [6.45, 7) is 0. The molecule has 0 atom stereocenters. The highest BCUT2D eigenvalue weighted by atomic mass is 19.4. The monoisotopic (exact) mass is 365 g/mol. The highest BCUT2D eigenvalue weighted by molar-refractivity contribution is 6.01. The van der Waals surface area contributed by atoms with E-state index in [0.717, 1.165) is 30.9 Å². The number of halogens is 3. The van der Waals surface area contributed by atoms with Crippen molar-refractivity contribution in [3.63, 3.8) is 0 Å². The van der Waals surface area contributed by atoms with E-state index in [9.17, 15) is 18.0 Å². The quantitative estimate of drug-likeness (QED) is 0.558. The van der Waals surface area contributed by atoms with Crippen LogP contribution in [0, 0.1) is 0 Å². The van der Waals surface area contributed by atoms with Crippen LogP contribution in [0.4, 0.5) is 24.7 Å². The number of fused-ring (bicyclic) bond motifs is 1. The molecule has 9 heteroatoms. The Kier molecular flexibility index (Phi) is 4.47. The summed E-state index contributed by atoms with van der Waals surface area (Å²) in [5.74, 6) is -1.28. The summed E-state index contributed by atoms with van der Waals surface area (Å²) in [4.78, 5) is 20.0. The molecule has 3 rings (SSSR count). The lowest BCUT2D eigenvalue weighted by Crippen LogP contribution is -2.22. The highest BCUT2D eigenvalue weighted by Gasteiger charge is 2.39. The van der Waals surface area contributed by atoms with Crippen LogP contribution in [0.2, 0.25) is 0 Å². The standard InChI is InChI=1S/C17H18F3N5O/c18-17(19,20)13-9(6-7-10(21)12(13)15(23)26)16-24-11-5-3-1-2-4-8(11)14(22)25-16/h6-7H,1-5,21H2,(H2,23,26)(H2,22,24,25). The number of nitrogen functional groups attached to an aromatic ring is 2. The van der Waals surface area contributed by atoms with Crippen molar-refractivity contribution in [2.24, 2.45) is 5.73 Å². The lowest BCUT2D eigenvalue weighted by Gasteiger charge is -2.18. The summed E-state index contributed by atoms with van der Waals surface area (Å²) >= 11 is 0. The highest BCUT2D eigenvalue weighted by Crippen LogP contribution is 2.41. The maximum absolute atomic E-state index is 13.7. The molecule has 0 saturated heterocycles. The van der Waals surface area contributed by atoms with Crippen molar-refractivity contribution in [2.45, 2.75) is 38.3 Å². The number of hydrogen-bond acceptors (Lipinski definition) is 5. The van der Waals surface area contributed by atoms with Crippen LogP contribution in [-0.4, -0.2) is 15.9 Å². The maximum atomic E-state index is 13.7. The predicted molar refractivity (Wildman–Crippen MR) is 91.1 cm³/mol. The molecule has 0 bridgehead atoms. The van der Waals surface area contributed by atoms with Gasteiger partial charge in [-0.25, -0.2) is 9.97 Å². The molecule has 1 aromatic heterocycles. The van der Waals surface area contributed by atoms with Crippen molar-refractivity contribution in [2.75, 3.05) is 11.5 Å². The average Bonchev–Trinajstić information content (AvgIpc) is 2.79. The van der Waals surface area contributed by atoms with Gasteiger partial charge in [-0.05, 0) is 37.8 Å². The predicted octanol–water partition coefficient (Wildman–Crippen LogP) is 2.69. The number of primary amides is 1. The van der Waals surface area contributed by atoms with Crippen molar-refractivity contribution in [3.05, 3.63) is 34.5 Å². The van der Waals surface area contributed by atoms with Gasteiger partial charge in [0.2, 0.25) is 0 Å². The molecular weight excluding hydrogens is 347 g/mol. The molecule has 2 aromatic rings. The number of nitrogens with zero attached hydrogens (tertiary/aromatic N) is 2. The summed E-state index contributed by atoms with van der Waals surface area (Å²) in [5.41, 5.74) is 15.4. The summed E-state index contributed by atoms with van der Waals surface area (Å²) in [6.07, 6.45) is -0.743. The minimum atomic E-state index is -4.86. The molecule has 0 aliphatic heterocycles. The van der Waals surface area contributed by atoms with Crippen LogP contribution in [0.25, 0.3) is 11.4 Å². The number of aryl methyl sites for hydroxylation is 1. The van der Waals surface area contributed by atoms with Gasteiger partial charge < -0.3 is 17.2 Å². The third-order valence-corrected chi connectivity index (χ3v) is 4.47. The van der Waals surface area contributed by atoms with Crippen LogP contribution < -0.4 is 17.2 Å². The number of rotatable bonds is 2. The fourth-order valence-electron chi connectivity index (χ4n) is 3.29. The molecule has 0 spiro atoms. The van der Waals surface area contributed by atoms with Gasteiger partial charge in [-0.1, -0.05) is 6.42 Å². The number of carbonyl (C=O) groups is 1. The zero-order valence-corrected chi connectivity index (χ0v) is 13.9. The summed E-state index contributed by atoms with van der Waals surface area (Å²) < 4.78 is 41.1. The molecule has 1 amide bonds. The van der Waals surface area contributed by atoms with Gasteiger partial charge in [-0.2, -0.15) is 13.2 Å². The van der Waals surface area contributed by atoms with Gasteiger partial charge in [-0.15, -0.1) is 0 Å². The molecule has 6 N–H and O–H groups in total. The van der Waals surface area contributed by atoms with E-state index in [0.29, 0.717) is 18.5 Å². The molecule has 0 saturated carbocycles. The van der Waals surface area contributed by atoms with E-state index < -0.39 is 23.2 Å². The van der Waals surface area contributed by atoms with Gasteiger partial charge in [0, 0.05) is 22.5 Å². The maximum Gasteiger partial charge on any atom is 0.417 e. The fraction of sp³-hybridized carbons (Fsp3) is 0.353. The Morgan fingerprint density at radius 1 is 1.04 bits per heavy atom. The minimum Gasteiger partial charge on any atom is -0.398 e. The molecule has 138 valence electrons. The van der Waals surface area contributed by atoms with Crippen LogP contribution in [0.15, 0.2) is 12.1 Å². The van der Waals surface area contributed by atoms with Gasteiger partial charge in [0.05, 0.1) is 11.1 Å². The summed E-state index contributed by atoms with van der Waals surface area (Å²) in [5, 5.41) is 0.